The molecule has 1 fully saturated rings. The van der Waals surface area contributed by atoms with Gasteiger partial charge in [-0.3, -0.25) is 4.90 Å². The molecule has 0 unspecified atom stereocenters. The van der Waals surface area contributed by atoms with E-state index < -0.39 is 0 Å². The maximum absolute atomic E-state index is 10.5. The largest absolute Gasteiger partial charge is 0.508 e. The Morgan fingerprint density at radius 1 is 1.00 bits per heavy atom. The third-order valence-electron chi connectivity index (χ3n) is 5.62. The second-order valence-corrected chi connectivity index (χ2v) is 7.65. The topological polar surface area (TPSA) is 35.9 Å². The zero-order valence-corrected chi connectivity index (χ0v) is 16.7. The predicted molar refractivity (Wildman–Crippen MR) is 115 cm³/mol. The van der Waals surface area contributed by atoms with Crippen LogP contribution in [0.25, 0.3) is 10.8 Å². The van der Waals surface area contributed by atoms with Gasteiger partial charge in [-0.2, -0.15) is 0 Å². The van der Waals surface area contributed by atoms with Crippen molar-refractivity contribution in [2.45, 2.75) is 25.9 Å². The summed E-state index contributed by atoms with van der Waals surface area (Å²) < 4.78 is 5.39. The highest BCUT2D eigenvalue weighted by atomic mass is 16.5. The number of nitrogens with zero attached hydrogens (tertiary/aromatic N) is 2. The Morgan fingerprint density at radius 2 is 1.75 bits per heavy atom. The zero-order chi connectivity index (χ0) is 19.5. The lowest BCUT2D eigenvalue weighted by Gasteiger charge is -2.25. The van der Waals surface area contributed by atoms with Crippen LogP contribution in [0.2, 0.25) is 0 Å². The highest BCUT2D eigenvalue weighted by Gasteiger charge is 2.17. The van der Waals surface area contributed by atoms with Crippen molar-refractivity contribution < 1.29 is 9.84 Å². The number of ether oxygens (including phenoxy) is 1. The summed E-state index contributed by atoms with van der Waals surface area (Å²) in [6, 6.07) is 18.4. The van der Waals surface area contributed by atoms with Crippen molar-refractivity contribution >= 4 is 16.5 Å². The van der Waals surface area contributed by atoms with Crippen LogP contribution in [0.1, 0.15) is 24.0 Å². The molecule has 1 aliphatic rings. The normalized spacial score (nSPS) is 14.2. The van der Waals surface area contributed by atoms with Gasteiger partial charge < -0.3 is 14.7 Å². The Balaban J connectivity index is 1.59. The van der Waals surface area contributed by atoms with Crippen LogP contribution in [0.5, 0.6) is 11.5 Å². The van der Waals surface area contributed by atoms with Gasteiger partial charge in [-0.1, -0.05) is 30.3 Å². The first-order valence-corrected chi connectivity index (χ1v) is 9.95. The van der Waals surface area contributed by atoms with Crippen LogP contribution in [-0.4, -0.2) is 37.3 Å². The number of phenols is 1. The molecule has 4 nitrogen and oxygen atoms in total. The molecule has 0 amide bonds. The summed E-state index contributed by atoms with van der Waals surface area (Å²) in [6.07, 6.45) is 2.55. The van der Waals surface area contributed by atoms with Crippen molar-refractivity contribution in [3.8, 4) is 11.5 Å². The van der Waals surface area contributed by atoms with E-state index in [0.29, 0.717) is 12.3 Å². The fourth-order valence-electron chi connectivity index (χ4n) is 4.17. The lowest BCUT2D eigenvalue weighted by atomic mass is 10.0. The Labute approximate surface area is 167 Å². The van der Waals surface area contributed by atoms with E-state index in [1.165, 1.54) is 24.1 Å². The third kappa shape index (κ3) is 3.78. The predicted octanol–water partition coefficient (Wildman–Crippen LogP) is 4.79. The first-order valence-electron chi connectivity index (χ1n) is 9.95. The van der Waals surface area contributed by atoms with Crippen molar-refractivity contribution in [3.63, 3.8) is 0 Å². The van der Waals surface area contributed by atoms with Gasteiger partial charge in [0.1, 0.15) is 11.5 Å². The third-order valence-corrected chi connectivity index (χ3v) is 5.62. The van der Waals surface area contributed by atoms with Crippen LogP contribution in [0.3, 0.4) is 0 Å². The highest BCUT2D eigenvalue weighted by Crippen LogP contribution is 2.32. The minimum Gasteiger partial charge on any atom is -0.508 e. The molecular weight excluding hydrogens is 348 g/mol. The van der Waals surface area contributed by atoms with Gasteiger partial charge in [0.25, 0.3) is 0 Å². The maximum atomic E-state index is 10.5. The molecule has 1 heterocycles. The standard InChI is InChI=1S/C24H28N2O2/c1-25(16-19-7-3-4-8-23(19)26-13-5-6-14-26)17-22-21-15-20(28-2)11-9-18(21)10-12-24(22)27/h3-4,7-12,15,27H,5-6,13-14,16-17H2,1-2H3. The van der Waals surface area contributed by atoms with Crippen LogP contribution in [0, 0.1) is 0 Å². The van der Waals surface area contributed by atoms with E-state index >= 15 is 0 Å². The van der Waals surface area contributed by atoms with Gasteiger partial charge in [0.15, 0.2) is 0 Å². The minimum atomic E-state index is 0.334. The first-order chi connectivity index (χ1) is 13.7. The molecule has 0 spiro atoms. The number of phenolic OH excluding ortho intramolecular Hbond substituents is 1. The van der Waals surface area contributed by atoms with Crippen LogP contribution < -0.4 is 9.64 Å². The number of rotatable bonds is 6. The molecule has 0 saturated carbocycles. The van der Waals surface area contributed by atoms with Gasteiger partial charge in [0.05, 0.1) is 7.11 Å². The second kappa shape index (κ2) is 8.11. The van der Waals surface area contributed by atoms with Crippen LogP contribution >= 0.6 is 0 Å². The minimum absolute atomic E-state index is 0.334. The Morgan fingerprint density at radius 3 is 2.54 bits per heavy atom. The molecule has 3 aromatic carbocycles. The molecule has 1 aliphatic heterocycles. The number of hydrogen-bond donors (Lipinski definition) is 1. The van der Waals surface area contributed by atoms with Crippen molar-refractivity contribution in [1.29, 1.82) is 0 Å². The molecule has 0 bridgehead atoms. The van der Waals surface area contributed by atoms with E-state index in [2.05, 4.69) is 41.1 Å². The molecule has 3 aromatic rings. The van der Waals surface area contributed by atoms with Crippen molar-refractivity contribution in [3.05, 3.63) is 65.7 Å². The monoisotopic (exact) mass is 376 g/mol. The molecule has 4 heteroatoms. The van der Waals surface area contributed by atoms with E-state index in [4.69, 9.17) is 4.74 Å². The van der Waals surface area contributed by atoms with Gasteiger partial charge in [-0.05, 0) is 60.5 Å². The van der Waals surface area contributed by atoms with Gasteiger partial charge >= 0.3 is 0 Å². The quantitative estimate of drug-likeness (QED) is 0.671. The second-order valence-electron chi connectivity index (χ2n) is 7.65. The fraction of sp³-hybridized carbons (Fsp3) is 0.333. The smallest absolute Gasteiger partial charge is 0.120 e. The van der Waals surface area contributed by atoms with Gasteiger partial charge in [0.2, 0.25) is 0 Å². The molecule has 1 saturated heterocycles. The number of fused-ring (bicyclic) bond motifs is 1. The van der Waals surface area contributed by atoms with Crippen molar-refractivity contribution in [1.82, 2.24) is 4.90 Å². The summed E-state index contributed by atoms with van der Waals surface area (Å²) in [5, 5.41) is 12.7. The Kier molecular flexibility index (Phi) is 5.40. The van der Waals surface area contributed by atoms with E-state index in [1.807, 2.05) is 24.3 Å². The lowest BCUT2D eigenvalue weighted by molar-refractivity contribution is 0.314. The molecule has 1 N–H and O–H groups in total. The number of anilines is 1. The average Bonchev–Trinajstić information content (AvgIpc) is 3.25. The first kappa shape index (κ1) is 18.6. The molecule has 4 rings (SSSR count). The number of para-hydroxylation sites is 1. The summed E-state index contributed by atoms with van der Waals surface area (Å²) in [5.74, 6) is 1.14. The molecule has 0 atom stereocenters. The maximum Gasteiger partial charge on any atom is 0.120 e. The van der Waals surface area contributed by atoms with Gasteiger partial charge in [-0.15, -0.1) is 0 Å². The van der Waals surface area contributed by atoms with Crippen molar-refractivity contribution in [2.24, 2.45) is 0 Å². The molecule has 0 aliphatic carbocycles. The van der Waals surface area contributed by atoms with Gasteiger partial charge in [-0.25, -0.2) is 0 Å². The van der Waals surface area contributed by atoms with Crippen LogP contribution in [0.4, 0.5) is 5.69 Å². The van der Waals surface area contributed by atoms with Crippen molar-refractivity contribution in [2.75, 3.05) is 32.1 Å². The van der Waals surface area contributed by atoms with E-state index in [0.717, 1.165) is 41.7 Å². The summed E-state index contributed by atoms with van der Waals surface area (Å²) in [5.41, 5.74) is 3.62. The number of benzene rings is 3. The summed E-state index contributed by atoms with van der Waals surface area (Å²) >= 11 is 0. The zero-order valence-electron chi connectivity index (χ0n) is 16.7. The summed E-state index contributed by atoms with van der Waals surface area (Å²) in [4.78, 5) is 4.76. The number of aromatic hydroxyl groups is 1. The van der Waals surface area contributed by atoms with Gasteiger partial charge in [0, 0.05) is 37.4 Å². The Hall–Kier alpha value is -2.72. The molecular formula is C24H28N2O2. The molecule has 0 aromatic heterocycles. The van der Waals surface area contributed by atoms with E-state index in [-0.39, 0.29) is 0 Å². The van der Waals surface area contributed by atoms with E-state index in [1.54, 1.807) is 13.2 Å². The van der Waals surface area contributed by atoms with Crippen LogP contribution in [0.15, 0.2) is 54.6 Å². The highest BCUT2D eigenvalue weighted by molar-refractivity contribution is 5.89. The lowest BCUT2D eigenvalue weighted by Crippen LogP contribution is -2.23. The average molecular weight is 377 g/mol. The number of hydrogen-bond acceptors (Lipinski definition) is 4. The summed E-state index contributed by atoms with van der Waals surface area (Å²) in [6.45, 7) is 3.80. The SMILES string of the molecule is COc1ccc2ccc(O)c(CN(C)Cc3ccccc3N3CCCC3)c2c1. The number of methoxy groups -OCH3 is 1. The van der Waals surface area contributed by atoms with Crippen LogP contribution in [-0.2, 0) is 13.1 Å². The Bertz CT molecular complexity index is 964. The fourth-order valence-corrected chi connectivity index (χ4v) is 4.17. The molecule has 146 valence electrons. The van der Waals surface area contributed by atoms with E-state index in [9.17, 15) is 5.11 Å². The summed E-state index contributed by atoms with van der Waals surface area (Å²) in [7, 11) is 3.78. The molecule has 28 heavy (non-hydrogen) atoms. The molecule has 0 radical (unpaired) electrons.